The predicted octanol–water partition coefficient (Wildman–Crippen LogP) is 2.86. The van der Waals surface area contributed by atoms with Gasteiger partial charge in [0.15, 0.2) is 0 Å². The van der Waals surface area contributed by atoms with Crippen LogP contribution in [0.15, 0.2) is 30.3 Å². The number of nitrogens with zero attached hydrogens (tertiary/aromatic N) is 1. The number of halogens is 1. The molecule has 1 aromatic carbocycles. The minimum absolute atomic E-state index is 0. The third-order valence-electron chi connectivity index (χ3n) is 3.78. The van der Waals surface area contributed by atoms with Gasteiger partial charge in [-0.25, -0.2) is 0 Å². The van der Waals surface area contributed by atoms with E-state index in [-0.39, 0.29) is 35.9 Å². The predicted molar refractivity (Wildman–Crippen MR) is 95.8 cm³/mol. The number of amides is 1. The molecule has 23 heavy (non-hydrogen) atoms. The van der Waals surface area contributed by atoms with Crippen molar-refractivity contribution in [3.05, 3.63) is 35.9 Å². The van der Waals surface area contributed by atoms with Gasteiger partial charge >= 0.3 is 0 Å². The summed E-state index contributed by atoms with van der Waals surface area (Å²) in [5.41, 5.74) is 1.22. The Morgan fingerprint density at radius 2 is 1.96 bits per heavy atom. The summed E-state index contributed by atoms with van der Waals surface area (Å²) in [5, 5.41) is 3.30. The maximum atomic E-state index is 13.0. The number of morpholine rings is 1. The Morgan fingerprint density at radius 1 is 1.30 bits per heavy atom. The molecule has 0 bridgehead atoms. The van der Waals surface area contributed by atoms with Gasteiger partial charge in [-0.2, -0.15) is 0 Å². The lowest BCUT2D eigenvalue weighted by atomic mass is 9.95. The highest BCUT2D eigenvalue weighted by Gasteiger charge is 2.33. The summed E-state index contributed by atoms with van der Waals surface area (Å²) < 4.78 is 5.63. The monoisotopic (exact) mass is 340 g/mol. The minimum Gasteiger partial charge on any atom is -0.375 e. The lowest BCUT2D eigenvalue weighted by Crippen LogP contribution is -2.57. The van der Waals surface area contributed by atoms with Crippen molar-refractivity contribution < 1.29 is 9.53 Å². The van der Waals surface area contributed by atoms with Crippen LogP contribution >= 0.6 is 12.4 Å². The van der Waals surface area contributed by atoms with Crippen LogP contribution in [0.4, 0.5) is 0 Å². The molecule has 1 aliphatic rings. The molecule has 1 aromatic rings. The SMILES string of the molecule is C[C@H]1OCCN[C@@H]1C(=O)N(Cc1ccccc1)CC(C)(C)C.Cl. The van der Waals surface area contributed by atoms with E-state index in [1.807, 2.05) is 30.0 Å². The van der Waals surface area contributed by atoms with E-state index in [0.29, 0.717) is 13.2 Å². The fourth-order valence-electron chi connectivity index (χ4n) is 2.79. The molecule has 0 aliphatic carbocycles. The summed E-state index contributed by atoms with van der Waals surface area (Å²) in [6.45, 7) is 11.2. The Morgan fingerprint density at radius 3 is 2.52 bits per heavy atom. The Bertz CT molecular complexity index is 488. The fourth-order valence-corrected chi connectivity index (χ4v) is 2.79. The van der Waals surface area contributed by atoms with Gasteiger partial charge in [-0.05, 0) is 17.9 Å². The fraction of sp³-hybridized carbons (Fsp3) is 0.611. The number of benzene rings is 1. The maximum Gasteiger partial charge on any atom is 0.242 e. The number of hydrogen-bond donors (Lipinski definition) is 1. The van der Waals surface area contributed by atoms with Crippen molar-refractivity contribution in [2.24, 2.45) is 5.41 Å². The highest BCUT2D eigenvalue weighted by atomic mass is 35.5. The molecule has 5 heteroatoms. The number of rotatable bonds is 4. The number of ether oxygens (including phenoxy) is 1. The van der Waals surface area contributed by atoms with Crippen LogP contribution in [0.2, 0.25) is 0 Å². The molecule has 1 fully saturated rings. The summed E-state index contributed by atoms with van der Waals surface area (Å²) >= 11 is 0. The Balaban J connectivity index is 0.00000264. The lowest BCUT2D eigenvalue weighted by molar-refractivity contribution is -0.141. The molecule has 0 spiro atoms. The van der Waals surface area contributed by atoms with Gasteiger partial charge in [-0.3, -0.25) is 4.79 Å². The van der Waals surface area contributed by atoms with Gasteiger partial charge in [0.05, 0.1) is 12.7 Å². The molecule has 0 unspecified atom stereocenters. The van der Waals surface area contributed by atoms with Crippen LogP contribution < -0.4 is 5.32 Å². The van der Waals surface area contributed by atoms with Gasteiger partial charge in [0.1, 0.15) is 6.04 Å². The molecule has 1 aliphatic heterocycles. The molecule has 1 N–H and O–H groups in total. The second kappa shape index (κ2) is 8.67. The van der Waals surface area contributed by atoms with Gasteiger partial charge in [0.2, 0.25) is 5.91 Å². The number of carbonyl (C=O) groups is 1. The van der Waals surface area contributed by atoms with Crippen molar-refractivity contribution in [2.75, 3.05) is 19.7 Å². The summed E-state index contributed by atoms with van der Waals surface area (Å²) in [6.07, 6.45) is -0.0838. The van der Waals surface area contributed by atoms with E-state index in [0.717, 1.165) is 18.7 Å². The first kappa shape index (κ1) is 19.9. The first-order valence-corrected chi connectivity index (χ1v) is 8.04. The van der Waals surface area contributed by atoms with E-state index in [2.05, 4.69) is 38.2 Å². The average molecular weight is 341 g/mol. The van der Waals surface area contributed by atoms with Gasteiger partial charge in [-0.1, -0.05) is 51.1 Å². The molecule has 1 heterocycles. The Kier molecular flexibility index (Phi) is 7.52. The van der Waals surface area contributed by atoms with Gasteiger partial charge in [0.25, 0.3) is 0 Å². The standard InChI is InChI=1S/C18H28N2O2.ClH/c1-14-16(19-10-11-22-14)17(21)20(13-18(2,3)4)12-15-8-6-5-7-9-15;/h5-9,14,16,19H,10-13H2,1-4H3;1H/t14-,16+;/m1./s1. The summed E-state index contributed by atoms with van der Waals surface area (Å²) in [5.74, 6) is 0.131. The molecule has 1 amide bonds. The van der Waals surface area contributed by atoms with E-state index >= 15 is 0 Å². The normalized spacial score (nSPS) is 21.4. The van der Waals surface area contributed by atoms with Crippen LogP contribution in [-0.2, 0) is 16.1 Å². The number of carbonyl (C=O) groups excluding carboxylic acids is 1. The minimum atomic E-state index is -0.250. The molecular weight excluding hydrogens is 312 g/mol. The second-order valence-electron chi connectivity index (χ2n) is 7.25. The molecule has 130 valence electrons. The maximum absolute atomic E-state index is 13.0. The Labute approximate surface area is 146 Å². The largest absolute Gasteiger partial charge is 0.375 e. The van der Waals surface area contributed by atoms with E-state index in [1.165, 1.54) is 0 Å². The number of hydrogen-bond acceptors (Lipinski definition) is 3. The van der Waals surface area contributed by atoms with E-state index in [9.17, 15) is 4.79 Å². The molecule has 2 atom stereocenters. The summed E-state index contributed by atoms with van der Waals surface area (Å²) in [4.78, 5) is 14.9. The van der Waals surface area contributed by atoms with Crippen molar-refractivity contribution in [1.82, 2.24) is 10.2 Å². The molecule has 0 aromatic heterocycles. The molecule has 0 saturated carbocycles. The van der Waals surface area contributed by atoms with Crippen LogP contribution in [0.3, 0.4) is 0 Å². The highest BCUT2D eigenvalue weighted by molar-refractivity contribution is 5.85. The third kappa shape index (κ3) is 6.13. The van der Waals surface area contributed by atoms with Crippen LogP contribution in [0.1, 0.15) is 33.3 Å². The first-order chi connectivity index (χ1) is 10.4. The molecule has 2 rings (SSSR count). The summed E-state index contributed by atoms with van der Waals surface area (Å²) in [6, 6.07) is 9.91. The zero-order chi connectivity index (χ0) is 16.2. The van der Waals surface area contributed by atoms with E-state index in [1.54, 1.807) is 0 Å². The van der Waals surface area contributed by atoms with Crippen LogP contribution in [-0.4, -0.2) is 42.6 Å². The van der Waals surface area contributed by atoms with Crippen LogP contribution in [0.25, 0.3) is 0 Å². The van der Waals surface area contributed by atoms with Gasteiger partial charge < -0.3 is 15.0 Å². The van der Waals surface area contributed by atoms with E-state index in [4.69, 9.17) is 4.74 Å². The third-order valence-corrected chi connectivity index (χ3v) is 3.78. The quantitative estimate of drug-likeness (QED) is 0.916. The average Bonchev–Trinajstić information content (AvgIpc) is 2.46. The summed E-state index contributed by atoms with van der Waals surface area (Å²) in [7, 11) is 0. The molecule has 0 radical (unpaired) electrons. The molecular formula is C18H29ClN2O2. The first-order valence-electron chi connectivity index (χ1n) is 8.04. The van der Waals surface area contributed by atoms with Crippen molar-refractivity contribution in [3.8, 4) is 0 Å². The lowest BCUT2D eigenvalue weighted by Gasteiger charge is -2.36. The Hall–Kier alpha value is -1.10. The molecule has 1 saturated heterocycles. The number of nitrogens with one attached hydrogen (secondary N) is 1. The van der Waals surface area contributed by atoms with E-state index < -0.39 is 0 Å². The second-order valence-corrected chi connectivity index (χ2v) is 7.25. The van der Waals surface area contributed by atoms with Crippen molar-refractivity contribution in [1.29, 1.82) is 0 Å². The van der Waals surface area contributed by atoms with Crippen LogP contribution in [0.5, 0.6) is 0 Å². The van der Waals surface area contributed by atoms with Gasteiger partial charge in [-0.15, -0.1) is 12.4 Å². The highest BCUT2D eigenvalue weighted by Crippen LogP contribution is 2.19. The van der Waals surface area contributed by atoms with Crippen molar-refractivity contribution in [2.45, 2.75) is 46.4 Å². The topological polar surface area (TPSA) is 41.6 Å². The molecule has 4 nitrogen and oxygen atoms in total. The zero-order valence-corrected chi connectivity index (χ0v) is 15.4. The smallest absolute Gasteiger partial charge is 0.242 e. The van der Waals surface area contributed by atoms with Crippen molar-refractivity contribution in [3.63, 3.8) is 0 Å². The van der Waals surface area contributed by atoms with Crippen molar-refractivity contribution >= 4 is 18.3 Å². The zero-order valence-electron chi connectivity index (χ0n) is 14.5. The van der Waals surface area contributed by atoms with Crippen LogP contribution in [0, 0.1) is 5.41 Å². The van der Waals surface area contributed by atoms with Gasteiger partial charge in [0, 0.05) is 19.6 Å².